The zero-order valence-electron chi connectivity index (χ0n) is 11.2. The first-order chi connectivity index (χ1) is 8.86. The molecule has 0 aliphatic heterocycles. The van der Waals surface area contributed by atoms with Crippen LogP contribution in [-0.2, 0) is 11.3 Å². The number of nitrogens with zero attached hydrogens (tertiary/aromatic N) is 3. The van der Waals surface area contributed by atoms with Crippen LogP contribution in [0.15, 0.2) is 0 Å². The van der Waals surface area contributed by atoms with Crippen molar-refractivity contribution in [2.75, 3.05) is 6.61 Å². The van der Waals surface area contributed by atoms with E-state index in [4.69, 9.17) is 5.11 Å². The summed E-state index contributed by atoms with van der Waals surface area (Å²) in [6, 6.07) is -0.149. The van der Waals surface area contributed by atoms with Gasteiger partial charge in [0, 0.05) is 12.6 Å². The molecule has 1 unspecified atom stereocenters. The van der Waals surface area contributed by atoms with Crippen molar-refractivity contribution in [2.24, 2.45) is 0 Å². The fourth-order valence-electron chi connectivity index (χ4n) is 1.83. The molecule has 0 bridgehead atoms. The van der Waals surface area contributed by atoms with Gasteiger partial charge in [-0.15, -0.1) is 0 Å². The topological polar surface area (TPSA) is 110 Å². The molecular weight excluding hydrogens is 252 g/mol. The third-order valence-corrected chi connectivity index (χ3v) is 2.79. The summed E-state index contributed by atoms with van der Waals surface area (Å²) in [4.78, 5) is 22.0. The third kappa shape index (κ3) is 3.75. The molecule has 19 heavy (non-hydrogen) atoms. The summed E-state index contributed by atoms with van der Waals surface area (Å²) in [5.41, 5.74) is 0.586. The van der Waals surface area contributed by atoms with E-state index in [0.29, 0.717) is 17.8 Å². The highest BCUT2D eigenvalue weighted by molar-refractivity contribution is 5.76. The van der Waals surface area contributed by atoms with Gasteiger partial charge in [0.2, 0.25) is 5.91 Å². The molecule has 1 heterocycles. The van der Waals surface area contributed by atoms with Gasteiger partial charge in [-0.1, -0.05) is 0 Å². The Morgan fingerprint density at radius 2 is 2.21 bits per heavy atom. The molecule has 8 nitrogen and oxygen atoms in total. The summed E-state index contributed by atoms with van der Waals surface area (Å²) in [6.07, 6.45) is 0.461. The summed E-state index contributed by atoms with van der Waals surface area (Å²) in [5, 5.41) is 26.2. The number of carbonyl (C=O) groups excluding carboxylic acids is 1. The monoisotopic (exact) mass is 270 g/mol. The molecule has 1 atom stereocenters. The Labute approximate surface area is 110 Å². The van der Waals surface area contributed by atoms with Gasteiger partial charge in [-0.05, 0) is 27.2 Å². The number of rotatable bonds is 6. The van der Waals surface area contributed by atoms with Crippen molar-refractivity contribution in [3.05, 3.63) is 21.5 Å². The number of hydrogen-bond donors (Lipinski definition) is 2. The molecule has 1 aromatic heterocycles. The number of aliphatic hydroxyl groups is 1. The maximum atomic E-state index is 11.7. The van der Waals surface area contributed by atoms with Crippen molar-refractivity contribution >= 4 is 11.6 Å². The highest BCUT2D eigenvalue weighted by Gasteiger charge is 2.22. The predicted octanol–water partition coefficient (Wildman–Crippen LogP) is 0.295. The first-order valence-corrected chi connectivity index (χ1v) is 5.95. The SMILES string of the molecule is Cc1nn(CC(=O)NC(C)CCO)c(C)c1[N+](=O)[O-]. The van der Waals surface area contributed by atoms with Crippen LogP contribution < -0.4 is 5.32 Å². The van der Waals surface area contributed by atoms with E-state index in [-0.39, 0.29) is 30.8 Å². The molecule has 0 aliphatic rings. The molecule has 0 saturated carbocycles. The van der Waals surface area contributed by atoms with Gasteiger partial charge in [0.05, 0.1) is 4.92 Å². The Kier molecular flexibility index (Phi) is 4.99. The lowest BCUT2D eigenvalue weighted by atomic mass is 10.2. The molecule has 0 fully saturated rings. The van der Waals surface area contributed by atoms with Gasteiger partial charge in [0.15, 0.2) is 0 Å². The molecule has 1 amide bonds. The summed E-state index contributed by atoms with van der Waals surface area (Å²) in [5.74, 6) is -0.290. The van der Waals surface area contributed by atoms with E-state index in [1.165, 1.54) is 11.6 Å². The number of amides is 1. The lowest BCUT2D eigenvalue weighted by Gasteiger charge is -2.12. The zero-order chi connectivity index (χ0) is 14.6. The molecule has 8 heteroatoms. The van der Waals surface area contributed by atoms with E-state index in [1.807, 2.05) is 0 Å². The number of hydrogen-bond acceptors (Lipinski definition) is 5. The summed E-state index contributed by atoms with van der Waals surface area (Å²) in [7, 11) is 0. The van der Waals surface area contributed by atoms with Gasteiger partial charge < -0.3 is 10.4 Å². The van der Waals surface area contributed by atoms with Gasteiger partial charge >= 0.3 is 5.69 Å². The number of nitrogens with one attached hydrogen (secondary N) is 1. The summed E-state index contributed by atoms with van der Waals surface area (Å²) >= 11 is 0. The van der Waals surface area contributed by atoms with E-state index < -0.39 is 4.92 Å². The van der Waals surface area contributed by atoms with Crippen LogP contribution in [0.25, 0.3) is 0 Å². The van der Waals surface area contributed by atoms with Gasteiger partial charge in [-0.25, -0.2) is 0 Å². The van der Waals surface area contributed by atoms with Crippen molar-refractivity contribution in [1.29, 1.82) is 0 Å². The molecule has 0 aliphatic carbocycles. The molecule has 1 aromatic rings. The lowest BCUT2D eigenvalue weighted by Crippen LogP contribution is -2.36. The molecule has 2 N–H and O–H groups in total. The molecular formula is C11H18N4O4. The Balaban J connectivity index is 2.75. The summed E-state index contributed by atoms with van der Waals surface area (Å²) in [6.45, 7) is 4.79. The first-order valence-electron chi connectivity index (χ1n) is 5.95. The Bertz CT molecular complexity index is 483. The van der Waals surface area contributed by atoms with E-state index in [2.05, 4.69) is 10.4 Å². The Hall–Kier alpha value is -1.96. The zero-order valence-corrected chi connectivity index (χ0v) is 11.2. The van der Waals surface area contributed by atoms with E-state index in [9.17, 15) is 14.9 Å². The van der Waals surface area contributed by atoms with Crippen LogP contribution >= 0.6 is 0 Å². The predicted molar refractivity (Wildman–Crippen MR) is 67.7 cm³/mol. The van der Waals surface area contributed by atoms with Crippen molar-refractivity contribution < 1.29 is 14.8 Å². The van der Waals surface area contributed by atoms with E-state index >= 15 is 0 Å². The van der Waals surface area contributed by atoms with Crippen molar-refractivity contribution in [2.45, 2.75) is 39.8 Å². The second-order valence-corrected chi connectivity index (χ2v) is 4.42. The van der Waals surface area contributed by atoms with E-state index in [0.717, 1.165) is 0 Å². The molecule has 1 rings (SSSR count). The van der Waals surface area contributed by atoms with Gasteiger partial charge in [0.1, 0.15) is 17.9 Å². The Morgan fingerprint density at radius 3 is 2.68 bits per heavy atom. The van der Waals surface area contributed by atoms with Crippen LogP contribution in [0.5, 0.6) is 0 Å². The van der Waals surface area contributed by atoms with E-state index in [1.54, 1.807) is 13.8 Å². The first kappa shape index (κ1) is 15.1. The largest absolute Gasteiger partial charge is 0.396 e. The van der Waals surface area contributed by atoms with Crippen molar-refractivity contribution in [3.8, 4) is 0 Å². The second-order valence-electron chi connectivity index (χ2n) is 4.42. The van der Waals surface area contributed by atoms with Crippen LogP contribution in [0.1, 0.15) is 24.7 Å². The maximum absolute atomic E-state index is 11.7. The standard InChI is InChI=1S/C11H18N4O4/c1-7(4-5-16)12-10(17)6-14-9(3)11(15(18)19)8(2)13-14/h7,16H,4-6H2,1-3H3,(H,12,17). The molecule has 0 spiro atoms. The highest BCUT2D eigenvalue weighted by Crippen LogP contribution is 2.21. The van der Waals surface area contributed by atoms with Gasteiger partial charge in [0.25, 0.3) is 0 Å². The maximum Gasteiger partial charge on any atom is 0.312 e. The minimum atomic E-state index is -0.500. The quantitative estimate of drug-likeness (QED) is 0.570. The number of nitro groups is 1. The molecule has 0 aromatic carbocycles. The normalized spacial score (nSPS) is 12.2. The lowest BCUT2D eigenvalue weighted by molar-refractivity contribution is -0.386. The number of aryl methyl sites for hydroxylation is 1. The minimum Gasteiger partial charge on any atom is -0.396 e. The molecule has 0 saturated heterocycles. The van der Waals surface area contributed by atoms with Gasteiger partial charge in [-0.3, -0.25) is 19.6 Å². The smallest absolute Gasteiger partial charge is 0.312 e. The number of aromatic nitrogens is 2. The average molecular weight is 270 g/mol. The minimum absolute atomic E-state index is 0.00712. The van der Waals surface area contributed by atoms with Gasteiger partial charge in [-0.2, -0.15) is 5.10 Å². The van der Waals surface area contributed by atoms with Crippen molar-refractivity contribution in [3.63, 3.8) is 0 Å². The van der Waals surface area contributed by atoms with Crippen LogP contribution in [0.3, 0.4) is 0 Å². The number of aliphatic hydroxyl groups excluding tert-OH is 1. The van der Waals surface area contributed by atoms with Crippen LogP contribution in [0.4, 0.5) is 5.69 Å². The molecule has 0 radical (unpaired) electrons. The van der Waals surface area contributed by atoms with Crippen LogP contribution in [-0.4, -0.2) is 38.4 Å². The fourth-order valence-corrected chi connectivity index (χ4v) is 1.83. The summed E-state index contributed by atoms with van der Waals surface area (Å²) < 4.78 is 1.31. The van der Waals surface area contributed by atoms with Crippen molar-refractivity contribution in [1.82, 2.24) is 15.1 Å². The third-order valence-electron chi connectivity index (χ3n) is 2.79. The fraction of sp³-hybridized carbons (Fsp3) is 0.636. The number of carbonyl (C=O) groups is 1. The highest BCUT2D eigenvalue weighted by atomic mass is 16.6. The average Bonchev–Trinajstić information content (AvgIpc) is 2.53. The van der Waals surface area contributed by atoms with Crippen LogP contribution in [0.2, 0.25) is 0 Å². The van der Waals surface area contributed by atoms with Crippen LogP contribution in [0, 0.1) is 24.0 Å². The Morgan fingerprint density at radius 1 is 1.58 bits per heavy atom. The second kappa shape index (κ2) is 6.28. The molecule has 106 valence electrons.